The van der Waals surface area contributed by atoms with E-state index >= 15 is 0 Å². The molecule has 1 N–H and O–H groups in total. The van der Waals surface area contributed by atoms with Crippen LogP contribution in [0.4, 0.5) is 0 Å². The van der Waals surface area contributed by atoms with Crippen LogP contribution in [0.25, 0.3) is 0 Å². The van der Waals surface area contributed by atoms with E-state index in [1.54, 1.807) is 0 Å². The van der Waals surface area contributed by atoms with E-state index in [1.807, 2.05) is 0 Å². The summed E-state index contributed by atoms with van der Waals surface area (Å²) in [4.78, 5) is 19.6. The van der Waals surface area contributed by atoms with Crippen LogP contribution in [-0.2, 0) is 4.74 Å². The van der Waals surface area contributed by atoms with Crippen molar-refractivity contribution in [3.8, 4) is 0 Å². The molecule has 2 rings (SSSR count). The SMILES string of the molecule is CCC1OCCC1CNC(=O)c1cncc(Cl)n1. The lowest BCUT2D eigenvalue weighted by atomic mass is 10.00. The van der Waals surface area contributed by atoms with Crippen LogP contribution in [0, 0.1) is 5.92 Å². The van der Waals surface area contributed by atoms with Gasteiger partial charge in [0.15, 0.2) is 0 Å². The standard InChI is InChI=1S/C12H16ClN3O2/c1-2-10-8(3-4-18-10)5-15-12(17)9-6-14-7-11(13)16-9/h6-8,10H,2-5H2,1H3,(H,15,17). The molecule has 0 aromatic carbocycles. The number of rotatable bonds is 4. The van der Waals surface area contributed by atoms with Gasteiger partial charge in [0.1, 0.15) is 10.8 Å². The summed E-state index contributed by atoms with van der Waals surface area (Å²) in [5.41, 5.74) is 0.245. The molecule has 0 bridgehead atoms. The smallest absolute Gasteiger partial charge is 0.271 e. The second-order valence-corrected chi connectivity index (χ2v) is 4.69. The van der Waals surface area contributed by atoms with E-state index in [-0.39, 0.29) is 22.9 Å². The Kier molecular flexibility index (Phi) is 4.49. The number of ether oxygens (including phenoxy) is 1. The first kappa shape index (κ1) is 13.2. The number of nitrogens with one attached hydrogen (secondary N) is 1. The maximum atomic E-state index is 11.8. The van der Waals surface area contributed by atoms with E-state index < -0.39 is 0 Å². The van der Waals surface area contributed by atoms with E-state index in [0.717, 1.165) is 19.4 Å². The molecule has 1 amide bonds. The van der Waals surface area contributed by atoms with Crippen LogP contribution in [0.2, 0.25) is 5.15 Å². The molecule has 0 aliphatic carbocycles. The summed E-state index contributed by atoms with van der Waals surface area (Å²) in [6.07, 6.45) is 5.01. The largest absolute Gasteiger partial charge is 0.378 e. The Hall–Kier alpha value is -1.20. The number of nitrogens with zero attached hydrogens (tertiary/aromatic N) is 2. The Bertz CT molecular complexity index is 428. The van der Waals surface area contributed by atoms with E-state index in [1.165, 1.54) is 12.4 Å². The van der Waals surface area contributed by atoms with Gasteiger partial charge in [-0.25, -0.2) is 4.98 Å². The average molecular weight is 270 g/mol. The summed E-state index contributed by atoms with van der Waals surface area (Å²) in [6, 6.07) is 0. The maximum Gasteiger partial charge on any atom is 0.271 e. The minimum absolute atomic E-state index is 0.221. The molecular weight excluding hydrogens is 254 g/mol. The fourth-order valence-electron chi connectivity index (χ4n) is 2.14. The van der Waals surface area contributed by atoms with Gasteiger partial charge < -0.3 is 10.1 Å². The quantitative estimate of drug-likeness (QED) is 0.903. The van der Waals surface area contributed by atoms with Crippen molar-refractivity contribution in [2.24, 2.45) is 5.92 Å². The van der Waals surface area contributed by atoms with Gasteiger partial charge >= 0.3 is 0 Å². The Morgan fingerprint density at radius 1 is 1.61 bits per heavy atom. The number of carbonyl (C=O) groups excluding carboxylic acids is 1. The fraction of sp³-hybridized carbons (Fsp3) is 0.583. The fourth-order valence-corrected chi connectivity index (χ4v) is 2.29. The highest BCUT2D eigenvalue weighted by Gasteiger charge is 2.27. The Balaban J connectivity index is 1.88. The number of aromatic nitrogens is 2. The summed E-state index contributed by atoms with van der Waals surface area (Å²) in [7, 11) is 0. The predicted molar refractivity (Wildman–Crippen MR) is 67.5 cm³/mol. The predicted octanol–water partition coefficient (Wildman–Crippen LogP) is 1.67. The molecule has 0 spiro atoms. The Labute approximate surface area is 111 Å². The Morgan fingerprint density at radius 3 is 3.17 bits per heavy atom. The van der Waals surface area contributed by atoms with E-state index in [9.17, 15) is 4.79 Å². The highest BCUT2D eigenvalue weighted by molar-refractivity contribution is 6.29. The second kappa shape index (κ2) is 6.11. The highest BCUT2D eigenvalue weighted by Crippen LogP contribution is 2.22. The molecule has 1 aromatic heterocycles. The monoisotopic (exact) mass is 269 g/mol. The van der Waals surface area contributed by atoms with Gasteiger partial charge in [0, 0.05) is 19.1 Å². The number of amides is 1. The zero-order chi connectivity index (χ0) is 13.0. The lowest BCUT2D eigenvalue weighted by Crippen LogP contribution is -2.33. The van der Waals surface area contributed by atoms with E-state index in [4.69, 9.17) is 16.3 Å². The lowest BCUT2D eigenvalue weighted by Gasteiger charge is -2.16. The third-order valence-electron chi connectivity index (χ3n) is 3.11. The van der Waals surface area contributed by atoms with Gasteiger partial charge in [0.2, 0.25) is 0 Å². The van der Waals surface area contributed by atoms with Crippen LogP contribution in [-0.4, -0.2) is 35.1 Å². The molecule has 1 aliphatic rings. The van der Waals surface area contributed by atoms with Gasteiger partial charge in [-0.1, -0.05) is 18.5 Å². The topological polar surface area (TPSA) is 64.1 Å². The molecule has 5 nitrogen and oxygen atoms in total. The molecule has 2 atom stereocenters. The summed E-state index contributed by atoms with van der Waals surface area (Å²) in [6.45, 7) is 3.47. The summed E-state index contributed by atoms with van der Waals surface area (Å²) in [5.74, 6) is 0.137. The molecule has 6 heteroatoms. The zero-order valence-electron chi connectivity index (χ0n) is 10.2. The molecule has 18 heavy (non-hydrogen) atoms. The molecule has 1 aliphatic heterocycles. The number of halogens is 1. The molecular formula is C12H16ClN3O2. The van der Waals surface area contributed by atoms with Crippen molar-refractivity contribution < 1.29 is 9.53 Å². The van der Waals surface area contributed by atoms with Crippen LogP contribution in [0.1, 0.15) is 30.3 Å². The third-order valence-corrected chi connectivity index (χ3v) is 3.29. The first-order valence-corrected chi connectivity index (χ1v) is 6.46. The molecule has 0 saturated carbocycles. The number of hydrogen-bond donors (Lipinski definition) is 1. The molecule has 2 heterocycles. The van der Waals surface area contributed by atoms with Crippen LogP contribution in [0.5, 0.6) is 0 Å². The average Bonchev–Trinajstić information content (AvgIpc) is 2.83. The molecule has 2 unspecified atom stereocenters. The summed E-state index contributed by atoms with van der Waals surface area (Å²) < 4.78 is 5.57. The third kappa shape index (κ3) is 3.17. The molecule has 0 radical (unpaired) electrons. The van der Waals surface area contributed by atoms with Gasteiger partial charge in [0.25, 0.3) is 5.91 Å². The molecule has 98 valence electrons. The molecule has 1 fully saturated rings. The second-order valence-electron chi connectivity index (χ2n) is 4.30. The van der Waals surface area contributed by atoms with Crippen molar-refractivity contribution in [3.63, 3.8) is 0 Å². The van der Waals surface area contributed by atoms with Crippen molar-refractivity contribution in [2.75, 3.05) is 13.2 Å². The van der Waals surface area contributed by atoms with Crippen LogP contribution < -0.4 is 5.32 Å². The van der Waals surface area contributed by atoms with Crippen LogP contribution in [0.3, 0.4) is 0 Å². The molecule has 1 saturated heterocycles. The molecule has 1 aromatic rings. The van der Waals surface area contributed by atoms with Gasteiger partial charge in [-0.05, 0) is 12.8 Å². The summed E-state index contributed by atoms with van der Waals surface area (Å²) >= 11 is 5.69. The minimum atomic E-state index is -0.244. The van der Waals surface area contributed by atoms with Gasteiger partial charge in [-0.2, -0.15) is 0 Å². The lowest BCUT2D eigenvalue weighted by molar-refractivity contribution is 0.0825. The van der Waals surface area contributed by atoms with Gasteiger partial charge in [-0.3, -0.25) is 9.78 Å². The first-order valence-electron chi connectivity index (χ1n) is 6.08. The van der Waals surface area contributed by atoms with E-state index in [2.05, 4.69) is 22.2 Å². The Morgan fingerprint density at radius 2 is 2.44 bits per heavy atom. The van der Waals surface area contributed by atoms with Crippen molar-refractivity contribution >= 4 is 17.5 Å². The van der Waals surface area contributed by atoms with E-state index in [0.29, 0.717) is 12.5 Å². The number of hydrogen-bond acceptors (Lipinski definition) is 4. The summed E-state index contributed by atoms with van der Waals surface area (Å²) in [5, 5.41) is 3.07. The number of carbonyl (C=O) groups is 1. The van der Waals surface area contributed by atoms with Crippen molar-refractivity contribution in [2.45, 2.75) is 25.9 Å². The zero-order valence-corrected chi connectivity index (χ0v) is 11.0. The van der Waals surface area contributed by atoms with Crippen LogP contribution >= 0.6 is 11.6 Å². The van der Waals surface area contributed by atoms with Gasteiger partial charge in [-0.15, -0.1) is 0 Å². The van der Waals surface area contributed by atoms with Crippen LogP contribution in [0.15, 0.2) is 12.4 Å². The van der Waals surface area contributed by atoms with Crippen molar-refractivity contribution in [3.05, 3.63) is 23.2 Å². The maximum absolute atomic E-state index is 11.8. The van der Waals surface area contributed by atoms with Gasteiger partial charge in [0.05, 0.1) is 18.5 Å². The first-order chi connectivity index (χ1) is 8.70. The highest BCUT2D eigenvalue weighted by atomic mass is 35.5. The minimum Gasteiger partial charge on any atom is -0.378 e. The normalized spacial score (nSPS) is 23.0. The van der Waals surface area contributed by atoms with Crippen molar-refractivity contribution in [1.82, 2.24) is 15.3 Å². The van der Waals surface area contributed by atoms with Crippen molar-refractivity contribution in [1.29, 1.82) is 0 Å².